The lowest BCUT2D eigenvalue weighted by molar-refractivity contribution is 0.193. The Bertz CT molecular complexity index is 430. The molecule has 0 spiro atoms. The number of hydrogen-bond donors (Lipinski definition) is 1. The summed E-state index contributed by atoms with van der Waals surface area (Å²) in [5.41, 5.74) is 2.51. The Kier molecular flexibility index (Phi) is 5.70. The van der Waals surface area contributed by atoms with Crippen LogP contribution in [0.4, 0.5) is 5.69 Å². The van der Waals surface area contributed by atoms with E-state index in [1.807, 2.05) is 6.07 Å². The quantitative estimate of drug-likeness (QED) is 0.871. The average molecular weight is 297 g/mol. The van der Waals surface area contributed by atoms with E-state index < -0.39 is 0 Å². The van der Waals surface area contributed by atoms with Gasteiger partial charge >= 0.3 is 0 Å². The predicted octanol–water partition coefficient (Wildman–Crippen LogP) is 3.31. The zero-order chi connectivity index (χ0) is 14.5. The van der Waals surface area contributed by atoms with E-state index in [4.69, 9.17) is 16.3 Å². The fraction of sp³-hybridized carbons (Fsp3) is 0.625. The maximum atomic E-state index is 6.17. The molecule has 0 aliphatic carbocycles. The third kappa shape index (κ3) is 4.11. The minimum absolute atomic E-state index is 0.456. The van der Waals surface area contributed by atoms with Gasteiger partial charge in [-0.25, -0.2) is 0 Å². The minimum Gasteiger partial charge on any atom is -0.379 e. The number of likely N-dealkylation sites (N-methyl/N-ethyl adjacent to an activating group) is 1. The number of nitrogens with zero attached hydrogens (tertiary/aromatic N) is 1. The van der Waals surface area contributed by atoms with Crippen molar-refractivity contribution < 1.29 is 4.74 Å². The lowest BCUT2D eigenvalue weighted by Gasteiger charge is -2.28. The second-order valence-electron chi connectivity index (χ2n) is 5.93. The second kappa shape index (κ2) is 7.30. The van der Waals surface area contributed by atoms with E-state index in [0.717, 1.165) is 37.7 Å². The standard InChI is InChI=1S/C16H25ClN2O/c1-12(2)9-18-10-13-4-5-14(17)8-16(13)19(3)15-6-7-20-11-15/h4-5,8,12,15,18H,6-7,9-11H2,1-3H3. The molecule has 4 heteroatoms. The summed E-state index contributed by atoms with van der Waals surface area (Å²) in [6, 6.07) is 6.61. The minimum atomic E-state index is 0.456. The molecule has 1 N–H and O–H groups in total. The number of hydrogen-bond acceptors (Lipinski definition) is 3. The first-order chi connectivity index (χ1) is 9.58. The Morgan fingerprint density at radius 2 is 2.25 bits per heavy atom. The van der Waals surface area contributed by atoms with E-state index >= 15 is 0 Å². The van der Waals surface area contributed by atoms with Gasteiger partial charge in [-0.15, -0.1) is 0 Å². The fourth-order valence-electron chi connectivity index (χ4n) is 2.53. The van der Waals surface area contributed by atoms with Gasteiger partial charge in [0.25, 0.3) is 0 Å². The normalized spacial score (nSPS) is 18.8. The molecule has 1 aliphatic heterocycles. The monoisotopic (exact) mass is 296 g/mol. The van der Waals surface area contributed by atoms with Gasteiger partial charge in [-0.1, -0.05) is 31.5 Å². The number of ether oxygens (including phenoxy) is 1. The van der Waals surface area contributed by atoms with Gasteiger partial charge in [-0.2, -0.15) is 0 Å². The third-order valence-corrected chi connectivity index (χ3v) is 3.98. The zero-order valence-electron chi connectivity index (χ0n) is 12.7. The SMILES string of the molecule is CC(C)CNCc1ccc(Cl)cc1N(C)C1CCOC1. The van der Waals surface area contributed by atoms with Crippen molar-refractivity contribution in [2.45, 2.75) is 32.9 Å². The van der Waals surface area contributed by atoms with Crippen LogP contribution >= 0.6 is 11.6 Å². The molecule has 1 fully saturated rings. The van der Waals surface area contributed by atoms with Crippen LogP contribution in [0.5, 0.6) is 0 Å². The summed E-state index contributed by atoms with van der Waals surface area (Å²) in [6.45, 7) is 8.01. The van der Waals surface area contributed by atoms with Crippen molar-refractivity contribution in [2.75, 3.05) is 31.7 Å². The van der Waals surface area contributed by atoms with E-state index in [2.05, 4.69) is 43.2 Å². The van der Waals surface area contributed by atoms with Crippen LogP contribution < -0.4 is 10.2 Å². The number of rotatable bonds is 6. The van der Waals surface area contributed by atoms with Gasteiger partial charge in [0.1, 0.15) is 0 Å². The number of anilines is 1. The van der Waals surface area contributed by atoms with Gasteiger partial charge in [0.05, 0.1) is 12.6 Å². The molecule has 1 aromatic carbocycles. The largest absolute Gasteiger partial charge is 0.379 e. The van der Waals surface area contributed by atoms with Crippen LogP contribution in [-0.2, 0) is 11.3 Å². The first-order valence-electron chi connectivity index (χ1n) is 7.37. The van der Waals surface area contributed by atoms with Crippen LogP contribution in [-0.4, -0.2) is 32.8 Å². The Labute approximate surface area is 127 Å². The molecule has 1 saturated heterocycles. The first-order valence-corrected chi connectivity index (χ1v) is 7.75. The summed E-state index contributed by atoms with van der Waals surface area (Å²) in [5.74, 6) is 0.659. The molecule has 1 heterocycles. The summed E-state index contributed by atoms with van der Waals surface area (Å²) >= 11 is 6.17. The molecule has 1 aromatic rings. The van der Waals surface area contributed by atoms with Crippen LogP contribution in [0.25, 0.3) is 0 Å². The van der Waals surface area contributed by atoms with Crippen molar-refractivity contribution in [1.29, 1.82) is 0 Å². The van der Waals surface area contributed by atoms with Crippen LogP contribution in [0.2, 0.25) is 5.02 Å². The third-order valence-electron chi connectivity index (χ3n) is 3.75. The van der Waals surface area contributed by atoms with Crippen molar-refractivity contribution in [3.8, 4) is 0 Å². The van der Waals surface area contributed by atoms with Gasteiger partial charge in [0.15, 0.2) is 0 Å². The topological polar surface area (TPSA) is 24.5 Å². The molecule has 0 bridgehead atoms. The first kappa shape index (κ1) is 15.6. The van der Waals surface area contributed by atoms with Crippen molar-refractivity contribution in [2.24, 2.45) is 5.92 Å². The lowest BCUT2D eigenvalue weighted by atomic mass is 10.1. The molecule has 1 atom stereocenters. The van der Waals surface area contributed by atoms with Crippen LogP contribution in [0.3, 0.4) is 0 Å². The summed E-state index contributed by atoms with van der Waals surface area (Å²) in [7, 11) is 2.14. The highest BCUT2D eigenvalue weighted by atomic mass is 35.5. The molecular formula is C16H25ClN2O. The Morgan fingerprint density at radius 1 is 1.45 bits per heavy atom. The molecule has 2 rings (SSSR count). The van der Waals surface area contributed by atoms with E-state index in [-0.39, 0.29) is 0 Å². The van der Waals surface area contributed by atoms with Crippen LogP contribution in [0.15, 0.2) is 18.2 Å². The summed E-state index contributed by atoms with van der Waals surface area (Å²) in [4.78, 5) is 2.31. The molecule has 0 amide bonds. The molecule has 0 radical (unpaired) electrons. The number of benzene rings is 1. The van der Waals surface area contributed by atoms with Crippen molar-refractivity contribution in [3.05, 3.63) is 28.8 Å². The molecular weight excluding hydrogens is 272 g/mol. The van der Waals surface area contributed by atoms with Gasteiger partial charge in [-0.05, 0) is 36.6 Å². The summed E-state index contributed by atoms with van der Waals surface area (Å²) in [6.07, 6.45) is 1.09. The Morgan fingerprint density at radius 3 is 2.90 bits per heavy atom. The molecule has 1 aliphatic rings. The maximum absolute atomic E-state index is 6.17. The molecule has 0 aromatic heterocycles. The van der Waals surface area contributed by atoms with Crippen LogP contribution in [0.1, 0.15) is 25.8 Å². The lowest BCUT2D eigenvalue weighted by Crippen LogP contribution is -2.33. The maximum Gasteiger partial charge on any atom is 0.0670 e. The van der Waals surface area contributed by atoms with Crippen molar-refractivity contribution >= 4 is 17.3 Å². The molecule has 3 nitrogen and oxygen atoms in total. The highest BCUT2D eigenvalue weighted by Crippen LogP contribution is 2.27. The fourth-order valence-corrected chi connectivity index (χ4v) is 2.70. The highest BCUT2D eigenvalue weighted by Gasteiger charge is 2.22. The van der Waals surface area contributed by atoms with E-state index in [1.165, 1.54) is 11.3 Å². The molecule has 1 unspecified atom stereocenters. The zero-order valence-corrected chi connectivity index (χ0v) is 13.4. The van der Waals surface area contributed by atoms with E-state index in [9.17, 15) is 0 Å². The summed E-state index contributed by atoms with van der Waals surface area (Å²) in [5, 5.41) is 4.30. The average Bonchev–Trinajstić information content (AvgIpc) is 2.93. The predicted molar refractivity (Wildman–Crippen MR) is 85.6 cm³/mol. The molecule has 112 valence electrons. The van der Waals surface area contributed by atoms with Gasteiger partial charge in [0, 0.05) is 30.9 Å². The number of nitrogens with one attached hydrogen (secondary N) is 1. The highest BCUT2D eigenvalue weighted by molar-refractivity contribution is 6.30. The smallest absolute Gasteiger partial charge is 0.0670 e. The summed E-state index contributed by atoms with van der Waals surface area (Å²) < 4.78 is 5.49. The second-order valence-corrected chi connectivity index (χ2v) is 6.36. The number of halogens is 1. The van der Waals surface area contributed by atoms with Crippen LogP contribution in [0, 0.1) is 5.92 Å². The molecule has 0 saturated carbocycles. The van der Waals surface area contributed by atoms with Gasteiger partial charge in [-0.3, -0.25) is 0 Å². The Balaban J connectivity index is 2.10. The van der Waals surface area contributed by atoms with E-state index in [0.29, 0.717) is 12.0 Å². The van der Waals surface area contributed by atoms with Gasteiger partial charge in [0.2, 0.25) is 0 Å². The van der Waals surface area contributed by atoms with E-state index in [1.54, 1.807) is 0 Å². The van der Waals surface area contributed by atoms with Crippen molar-refractivity contribution in [1.82, 2.24) is 5.32 Å². The van der Waals surface area contributed by atoms with Gasteiger partial charge < -0.3 is 15.0 Å². The molecule has 20 heavy (non-hydrogen) atoms. The van der Waals surface area contributed by atoms with Crippen molar-refractivity contribution in [3.63, 3.8) is 0 Å². The Hall–Kier alpha value is -0.770.